The lowest BCUT2D eigenvalue weighted by Gasteiger charge is -2.21. The zero-order valence-electron chi connectivity index (χ0n) is 9.91. The number of carbonyl (C=O) groups excluding carboxylic acids is 1. The highest BCUT2D eigenvalue weighted by molar-refractivity contribution is 5.84. The molecule has 0 aliphatic rings. The van der Waals surface area contributed by atoms with E-state index in [4.69, 9.17) is 4.74 Å². The summed E-state index contributed by atoms with van der Waals surface area (Å²) in [6.45, 7) is 4.07. The zero-order chi connectivity index (χ0) is 12.0. The number of H-pyrrole nitrogens is 1. The lowest BCUT2D eigenvalue weighted by Crippen LogP contribution is -2.43. The number of amides is 1. The molecule has 1 rings (SSSR count). The number of hydrogen-bond donors (Lipinski definition) is 2. The van der Waals surface area contributed by atoms with Crippen LogP contribution in [0.15, 0.2) is 6.33 Å². The highest BCUT2D eigenvalue weighted by atomic mass is 16.5. The topological polar surface area (TPSA) is 79.9 Å². The van der Waals surface area contributed by atoms with Crippen molar-refractivity contribution in [1.29, 1.82) is 0 Å². The first-order chi connectivity index (χ1) is 7.56. The molecular weight excluding hydrogens is 208 g/mol. The molecule has 90 valence electrons. The van der Waals surface area contributed by atoms with E-state index in [1.165, 1.54) is 13.4 Å². The number of nitrogens with one attached hydrogen (secondary N) is 2. The van der Waals surface area contributed by atoms with Crippen LogP contribution in [0.3, 0.4) is 0 Å². The van der Waals surface area contributed by atoms with Gasteiger partial charge in [-0.15, -0.1) is 0 Å². The summed E-state index contributed by atoms with van der Waals surface area (Å²) in [5.41, 5.74) is -0.772. The van der Waals surface area contributed by atoms with Crippen LogP contribution in [-0.4, -0.2) is 40.3 Å². The van der Waals surface area contributed by atoms with Crippen molar-refractivity contribution >= 4 is 5.91 Å². The summed E-state index contributed by atoms with van der Waals surface area (Å²) in [6.07, 6.45) is 3.07. The van der Waals surface area contributed by atoms with E-state index >= 15 is 0 Å². The van der Waals surface area contributed by atoms with E-state index in [0.29, 0.717) is 6.54 Å². The summed E-state index contributed by atoms with van der Waals surface area (Å²) in [4.78, 5) is 15.6. The van der Waals surface area contributed by atoms with Gasteiger partial charge in [0.1, 0.15) is 17.8 Å². The Morgan fingerprint density at radius 2 is 2.38 bits per heavy atom. The monoisotopic (exact) mass is 226 g/mol. The molecule has 0 aliphatic carbocycles. The largest absolute Gasteiger partial charge is 0.369 e. The van der Waals surface area contributed by atoms with Gasteiger partial charge in [-0.05, 0) is 20.3 Å². The minimum atomic E-state index is -0.772. The molecule has 0 spiro atoms. The predicted octanol–water partition coefficient (Wildman–Crippen LogP) is 0.278. The molecule has 0 aliphatic heterocycles. The van der Waals surface area contributed by atoms with E-state index in [-0.39, 0.29) is 5.91 Å². The third-order valence-corrected chi connectivity index (χ3v) is 2.40. The van der Waals surface area contributed by atoms with Crippen LogP contribution in [-0.2, 0) is 16.0 Å². The number of rotatable bonds is 6. The van der Waals surface area contributed by atoms with Crippen molar-refractivity contribution in [2.45, 2.75) is 32.3 Å². The van der Waals surface area contributed by atoms with Crippen molar-refractivity contribution in [1.82, 2.24) is 20.5 Å². The van der Waals surface area contributed by atoms with Gasteiger partial charge in [-0.3, -0.25) is 9.89 Å². The highest BCUT2D eigenvalue weighted by Gasteiger charge is 2.26. The Bertz CT molecular complexity index is 322. The first-order valence-corrected chi connectivity index (χ1v) is 5.24. The number of hydrogen-bond acceptors (Lipinski definition) is 4. The third kappa shape index (κ3) is 3.62. The molecular formula is C10H18N4O2. The van der Waals surface area contributed by atoms with Crippen LogP contribution in [0.25, 0.3) is 0 Å². The lowest BCUT2D eigenvalue weighted by molar-refractivity contribution is -0.139. The molecule has 0 bridgehead atoms. The number of aromatic amines is 1. The highest BCUT2D eigenvalue weighted by Crippen LogP contribution is 2.06. The summed E-state index contributed by atoms with van der Waals surface area (Å²) in [5.74, 6) is 0.729. The van der Waals surface area contributed by atoms with E-state index < -0.39 is 5.60 Å². The van der Waals surface area contributed by atoms with Crippen molar-refractivity contribution in [2.24, 2.45) is 0 Å². The molecule has 0 radical (unpaired) electrons. The Kier molecular flexibility index (Phi) is 4.42. The Balaban J connectivity index is 2.18. The molecule has 0 atom stereocenters. The zero-order valence-corrected chi connectivity index (χ0v) is 9.91. The Hall–Kier alpha value is -1.43. The molecule has 1 heterocycles. The number of methoxy groups -OCH3 is 1. The maximum absolute atomic E-state index is 11.6. The normalized spacial score (nSPS) is 11.4. The van der Waals surface area contributed by atoms with Crippen LogP contribution < -0.4 is 5.32 Å². The molecule has 16 heavy (non-hydrogen) atoms. The van der Waals surface area contributed by atoms with Crippen molar-refractivity contribution in [3.63, 3.8) is 0 Å². The summed E-state index contributed by atoms with van der Waals surface area (Å²) in [7, 11) is 1.52. The number of carbonyl (C=O) groups is 1. The fourth-order valence-corrected chi connectivity index (χ4v) is 1.11. The van der Waals surface area contributed by atoms with E-state index in [0.717, 1.165) is 18.7 Å². The fourth-order valence-electron chi connectivity index (χ4n) is 1.11. The van der Waals surface area contributed by atoms with Crippen LogP contribution in [0, 0.1) is 0 Å². The number of ether oxygens (including phenoxy) is 1. The minimum absolute atomic E-state index is 0.104. The SMILES string of the molecule is COC(C)(C)C(=O)NCCCc1ncn[nH]1. The lowest BCUT2D eigenvalue weighted by atomic mass is 10.1. The van der Waals surface area contributed by atoms with Gasteiger partial charge in [-0.1, -0.05) is 0 Å². The van der Waals surface area contributed by atoms with Gasteiger partial charge in [0, 0.05) is 20.1 Å². The van der Waals surface area contributed by atoms with Crippen LogP contribution in [0.5, 0.6) is 0 Å². The van der Waals surface area contributed by atoms with E-state index in [1.54, 1.807) is 13.8 Å². The van der Waals surface area contributed by atoms with E-state index in [9.17, 15) is 4.79 Å². The molecule has 6 heteroatoms. The Labute approximate surface area is 94.8 Å². The van der Waals surface area contributed by atoms with Gasteiger partial charge in [0.05, 0.1) is 0 Å². The summed E-state index contributed by atoms with van der Waals surface area (Å²) >= 11 is 0. The molecule has 0 fully saturated rings. The maximum atomic E-state index is 11.6. The van der Waals surface area contributed by atoms with Crippen molar-refractivity contribution in [3.8, 4) is 0 Å². The fraction of sp³-hybridized carbons (Fsp3) is 0.700. The van der Waals surface area contributed by atoms with Crippen molar-refractivity contribution in [3.05, 3.63) is 12.2 Å². The van der Waals surface area contributed by atoms with Gasteiger partial charge in [0.25, 0.3) is 5.91 Å². The van der Waals surface area contributed by atoms with Crippen LogP contribution in [0.4, 0.5) is 0 Å². The Morgan fingerprint density at radius 3 is 2.94 bits per heavy atom. The van der Waals surface area contributed by atoms with Gasteiger partial charge in [-0.2, -0.15) is 5.10 Å². The number of aromatic nitrogens is 3. The number of aryl methyl sites for hydroxylation is 1. The summed E-state index contributed by atoms with van der Waals surface area (Å²) < 4.78 is 5.06. The smallest absolute Gasteiger partial charge is 0.251 e. The molecule has 0 unspecified atom stereocenters. The molecule has 1 amide bonds. The average Bonchev–Trinajstić information content (AvgIpc) is 2.76. The first kappa shape index (κ1) is 12.6. The second-order valence-corrected chi connectivity index (χ2v) is 4.01. The standard InChI is InChI=1S/C10H18N4O2/c1-10(2,16-3)9(15)11-6-4-5-8-12-7-13-14-8/h7H,4-6H2,1-3H3,(H,11,15)(H,12,13,14). The van der Waals surface area contributed by atoms with Crippen molar-refractivity contribution in [2.75, 3.05) is 13.7 Å². The molecule has 1 aromatic rings. The van der Waals surface area contributed by atoms with Gasteiger partial charge in [0.2, 0.25) is 0 Å². The predicted molar refractivity (Wildman–Crippen MR) is 58.8 cm³/mol. The van der Waals surface area contributed by atoms with E-state index in [1.807, 2.05) is 0 Å². The van der Waals surface area contributed by atoms with Gasteiger partial charge in [-0.25, -0.2) is 4.98 Å². The van der Waals surface area contributed by atoms with E-state index in [2.05, 4.69) is 20.5 Å². The molecule has 0 saturated heterocycles. The quantitative estimate of drug-likeness (QED) is 0.683. The van der Waals surface area contributed by atoms with Crippen LogP contribution in [0.2, 0.25) is 0 Å². The molecule has 0 aromatic carbocycles. The van der Waals surface area contributed by atoms with Gasteiger partial charge < -0.3 is 10.1 Å². The molecule has 6 nitrogen and oxygen atoms in total. The van der Waals surface area contributed by atoms with Crippen molar-refractivity contribution < 1.29 is 9.53 Å². The molecule has 2 N–H and O–H groups in total. The number of nitrogens with zero attached hydrogens (tertiary/aromatic N) is 2. The Morgan fingerprint density at radius 1 is 1.62 bits per heavy atom. The minimum Gasteiger partial charge on any atom is -0.369 e. The van der Waals surface area contributed by atoms with Crippen LogP contribution in [0.1, 0.15) is 26.1 Å². The molecule has 0 saturated carbocycles. The van der Waals surface area contributed by atoms with Gasteiger partial charge in [0.15, 0.2) is 0 Å². The van der Waals surface area contributed by atoms with Crippen LogP contribution >= 0.6 is 0 Å². The average molecular weight is 226 g/mol. The maximum Gasteiger partial charge on any atom is 0.251 e. The first-order valence-electron chi connectivity index (χ1n) is 5.24. The van der Waals surface area contributed by atoms with Gasteiger partial charge >= 0.3 is 0 Å². The molecule has 1 aromatic heterocycles. The second kappa shape index (κ2) is 5.60. The second-order valence-electron chi connectivity index (χ2n) is 4.01. The third-order valence-electron chi connectivity index (χ3n) is 2.40. The summed E-state index contributed by atoms with van der Waals surface area (Å²) in [5, 5.41) is 9.32. The summed E-state index contributed by atoms with van der Waals surface area (Å²) in [6, 6.07) is 0.